The zero-order valence-electron chi connectivity index (χ0n) is 26.3. The number of aryl methyl sites for hydroxylation is 4. The van der Waals surface area contributed by atoms with Crippen molar-refractivity contribution in [1.82, 2.24) is 24.6 Å². The molecule has 3 heterocycles. The summed E-state index contributed by atoms with van der Waals surface area (Å²) in [5.41, 5.74) is 5.17. The lowest BCUT2D eigenvalue weighted by atomic mass is 9.68. The Kier molecular flexibility index (Phi) is 8.39. The van der Waals surface area contributed by atoms with E-state index in [1.54, 1.807) is 13.1 Å². The Bertz CT molecular complexity index is 1810. The predicted molar refractivity (Wildman–Crippen MR) is 173 cm³/mol. The maximum Gasteiger partial charge on any atom is 0.267 e. The number of anilines is 1. The highest BCUT2D eigenvalue weighted by molar-refractivity contribution is 7.92. The molecule has 11 heteroatoms. The van der Waals surface area contributed by atoms with Gasteiger partial charge in [0.2, 0.25) is 17.7 Å². The number of nitrogens with one attached hydrogen (secondary N) is 1. The van der Waals surface area contributed by atoms with Crippen LogP contribution in [0.2, 0.25) is 0 Å². The van der Waals surface area contributed by atoms with Crippen LogP contribution in [0.3, 0.4) is 0 Å². The molecule has 2 aromatic heterocycles. The summed E-state index contributed by atoms with van der Waals surface area (Å²) in [5, 5.41) is 3.98. The molecule has 1 N–H and O–H groups in total. The van der Waals surface area contributed by atoms with E-state index in [-0.39, 0.29) is 28.7 Å². The van der Waals surface area contributed by atoms with Gasteiger partial charge in [0.1, 0.15) is 11.0 Å². The molecule has 2 fully saturated rings. The molecule has 236 valence electrons. The number of carbonyl (C=O) groups excluding carboxylic acids is 1. The number of rotatable bonds is 8. The third-order valence-electron chi connectivity index (χ3n) is 9.06. The second kappa shape index (κ2) is 12.3. The van der Waals surface area contributed by atoms with Crippen molar-refractivity contribution in [2.45, 2.75) is 75.7 Å². The van der Waals surface area contributed by atoms with Gasteiger partial charge >= 0.3 is 0 Å². The molecular formula is C34H40N6O4S. The highest BCUT2D eigenvalue weighted by atomic mass is 32.2. The van der Waals surface area contributed by atoms with Crippen LogP contribution in [0, 0.1) is 20.8 Å². The van der Waals surface area contributed by atoms with Gasteiger partial charge in [-0.3, -0.25) is 9.48 Å². The molecule has 10 nitrogen and oxygen atoms in total. The Balaban J connectivity index is 1.28. The maximum absolute atomic E-state index is 14.3. The van der Waals surface area contributed by atoms with Gasteiger partial charge in [-0.2, -0.15) is 10.1 Å². The van der Waals surface area contributed by atoms with E-state index in [4.69, 9.17) is 4.74 Å². The normalized spacial score (nSPS) is 18.1. The van der Waals surface area contributed by atoms with Crippen molar-refractivity contribution in [3.05, 3.63) is 83.2 Å². The molecule has 1 aliphatic heterocycles. The van der Waals surface area contributed by atoms with E-state index in [9.17, 15) is 13.2 Å². The molecular weight excluding hydrogens is 588 g/mol. The van der Waals surface area contributed by atoms with E-state index >= 15 is 0 Å². The number of hydrogen-bond acceptors (Lipinski definition) is 7. The minimum atomic E-state index is -3.99. The van der Waals surface area contributed by atoms with Crippen molar-refractivity contribution in [2.24, 2.45) is 7.05 Å². The van der Waals surface area contributed by atoms with E-state index in [2.05, 4.69) is 44.9 Å². The molecule has 0 radical (unpaired) electrons. The van der Waals surface area contributed by atoms with Gasteiger partial charge in [0, 0.05) is 37.8 Å². The molecule has 0 spiro atoms. The van der Waals surface area contributed by atoms with Crippen molar-refractivity contribution < 1.29 is 17.9 Å². The predicted octanol–water partition coefficient (Wildman–Crippen LogP) is 5.48. The highest BCUT2D eigenvalue weighted by Gasteiger charge is 2.45. The zero-order valence-corrected chi connectivity index (χ0v) is 27.1. The SMILES string of the molecule is Cc1cccc(C2(C(=O)N3CCC(Oc4cc(-c5c(C)cccc5C)nc(NS(=O)(=O)c5cnn(C)c5)n4)C3)CCCCC2)c1. The molecule has 1 aliphatic carbocycles. The fourth-order valence-corrected chi connectivity index (χ4v) is 7.73. The number of amides is 1. The second-order valence-electron chi connectivity index (χ2n) is 12.4. The number of sulfonamides is 1. The molecule has 1 atom stereocenters. The van der Waals surface area contributed by atoms with E-state index in [0.717, 1.165) is 59.9 Å². The van der Waals surface area contributed by atoms with Gasteiger partial charge in [-0.05, 0) is 50.3 Å². The lowest BCUT2D eigenvalue weighted by Gasteiger charge is -2.39. The fraction of sp³-hybridized carbons (Fsp3) is 0.412. The quantitative estimate of drug-likeness (QED) is 0.274. The van der Waals surface area contributed by atoms with Gasteiger partial charge in [-0.15, -0.1) is 0 Å². The second-order valence-corrected chi connectivity index (χ2v) is 14.1. The maximum atomic E-state index is 14.3. The van der Waals surface area contributed by atoms with E-state index in [1.165, 1.54) is 17.1 Å². The number of aromatic nitrogens is 4. The highest BCUT2D eigenvalue weighted by Crippen LogP contribution is 2.42. The van der Waals surface area contributed by atoms with Gasteiger partial charge in [0.15, 0.2) is 0 Å². The summed E-state index contributed by atoms with van der Waals surface area (Å²) in [6.45, 7) is 7.07. The topological polar surface area (TPSA) is 119 Å². The summed E-state index contributed by atoms with van der Waals surface area (Å²) in [4.78, 5) is 25.3. The molecule has 6 rings (SSSR count). The lowest BCUT2D eigenvalue weighted by Crippen LogP contribution is -2.47. The van der Waals surface area contributed by atoms with Crippen molar-refractivity contribution in [3.8, 4) is 17.1 Å². The largest absolute Gasteiger partial charge is 0.472 e. The standard InChI is InChI=1S/C34H40N6O4S/c1-23-10-8-13-26(18-23)34(15-6-5-7-16-34)32(41)40-17-14-27(21-40)44-30-19-29(31-24(2)11-9-12-25(31)3)36-33(37-30)38-45(42,43)28-20-35-39(4)22-28/h8-13,18-20,22,27H,5-7,14-17,21H2,1-4H3,(H,36,37,38). The van der Waals surface area contributed by atoms with Gasteiger partial charge in [0.05, 0.1) is 23.9 Å². The van der Waals surface area contributed by atoms with Crippen LogP contribution in [0.25, 0.3) is 11.3 Å². The Labute approximate surface area is 264 Å². The molecule has 4 aromatic rings. The molecule has 2 aromatic carbocycles. The van der Waals surface area contributed by atoms with Gasteiger partial charge in [-0.25, -0.2) is 18.1 Å². The average molecular weight is 629 g/mol. The van der Waals surface area contributed by atoms with E-state index in [0.29, 0.717) is 25.2 Å². The third kappa shape index (κ3) is 6.31. The smallest absolute Gasteiger partial charge is 0.267 e. The first-order valence-electron chi connectivity index (χ1n) is 15.5. The molecule has 1 unspecified atom stereocenters. The summed E-state index contributed by atoms with van der Waals surface area (Å²) in [5.74, 6) is 0.320. The van der Waals surface area contributed by atoms with Crippen LogP contribution in [-0.4, -0.2) is 58.2 Å². The van der Waals surface area contributed by atoms with Crippen LogP contribution >= 0.6 is 0 Å². The number of nitrogens with zero attached hydrogens (tertiary/aromatic N) is 5. The molecule has 1 saturated carbocycles. The van der Waals surface area contributed by atoms with Crippen LogP contribution in [0.4, 0.5) is 5.95 Å². The minimum absolute atomic E-state index is 0.00347. The average Bonchev–Trinajstić information content (AvgIpc) is 3.66. The van der Waals surface area contributed by atoms with Crippen LogP contribution in [0.5, 0.6) is 5.88 Å². The lowest BCUT2D eigenvalue weighted by molar-refractivity contribution is -0.138. The Morgan fingerprint density at radius 3 is 2.42 bits per heavy atom. The van der Waals surface area contributed by atoms with Crippen molar-refractivity contribution in [3.63, 3.8) is 0 Å². The molecule has 45 heavy (non-hydrogen) atoms. The van der Waals surface area contributed by atoms with Crippen molar-refractivity contribution in [2.75, 3.05) is 17.8 Å². The molecule has 0 bridgehead atoms. The van der Waals surface area contributed by atoms with Crippen LogP contribution in [0.15, 0.2) is 65.8 Å². The molecule has 1 saturated heterocycles. The van der Waals surface area contributed by atoms with Gasteiger partial charge in [-0.1, -0.05) is 67.3 Å². The number of likely N-dealkylation sites (tertiary alicyclic amines) is 1. The summed E-state index contributed by atoms with van der Waals surface area (Å²) in [6.07, 6.45) is 7.96. The van der Waals surface area contributed by atoms with Crippen molar-refractivity contribution >= 4 is 21.9 Å². The number of carbonyl (C=O) groups is 1. The van der Waals surface area contributed by atoms with Gasteiger partial charge in [0.25, 0.3) is 10.0 Å². The summed E-state index contributed by atoms with van der Waals surface area (Å²) >= 11 is 0. The summed E-state index contributed by atoms with van der Waals surface area (Å²) in [7, 11) is -2.34. The first-order valence-corrected chi connectivity index (χ1v) is 17.0. The Morgan fingerprint density at radius 2 is 1.73 bits per heavy atom. The number of benzene rings is 2. The summed E-state index contributed by atoms with van der Waals surface area (Å²) < 4.78 is 36.7. The Morgan fingerprint density at radius 1 is 1.00 bits per heavy atom. The van der Waals surface area contributed by atoms with Gasteiger partial charge < -0.3 is 9.64 Å². The number of ether oxygens (including phenoxy) is 1. The first kappa shape index (κ1) is 30.8. The van der Waals surface area contributed by atoms with Crippen LogP contribution in [-0.2, 0) is 27.3 Å². The minimum Gasteiger partial charge on any atom is -0.472 e. The molecule has 1 amide bonds. The van der Waals surface area contributed by atoms with E-state index < -0.39 is 15.4 Å². The Hall–Kier alpha value is -4.25. The number of hydrogen-bond donors (Lipinski definition) is 1. The van der Waals surface area contributed by atoms with Crippen LogP contribution < -0.4 is 9.46 Å². The third-order valence-corrected chi connectivity index (χ3v) is 10.3. The zero-order chi connectivity index (χ0) is 31.8. The fourth-order valence-electron chi connectivity index (χ4n) is 6.80. The van der Waals surface area contributed by atoms with E-state index in [1.807, 2.05) is 43.0 Å². The monoisotopic (exact) mass is 628 g/mol. The van der Waals surface area contributed by atoms with Crippen molar-refractivity contribution in [1.29, 1.82) is 0 Å². The molecule has 2 aliphatic rings. The summed E-state index contributed by atoms with van der Waals surface area (Å²) in [6, 6.07) is 16.1. The van der Waals surface area contributed by atoms with Crippen LogP contribution in [0.1, 0.15) is 60.8 Å². The first-order chi connectivity index (χ1) is 21.5.